The van der Waals surface area contributed by atoms with E-state index >= 15 is 0 Å². The van der Waals surface area contributed by atoms with E-state index in [4.69, 9.17) is 10.8 Å². The van der Waals surface area contributed by atoms with E-state index in [2.05, 4.69) is 11.0 Å². The molecule has 1 aromatic rings. The average Bonchev–Trinajstić information content (AvgIpc) is 2.30. The molecule has 1 atom stereocenters. The average molecular weight is 220 g/mol. The highest BCUT2D eigenvalue weighted by molar-refractivity contribution is 5.56. The standard InChI is InChI=1S/C13H20N2O/c14-12-4-1-5-13(9-12)15-7-2-3-11(10-15)6-8-16/h1,4-5,9,11,16H,2-3,6-8,10,14H2. The third-order valence-corrected chi connectivity index (χ3v) is 3.29. The van der Waals surface area contributed by atoms with Crippen molar-refractivity contribution in [2.75, 3.05) is 30.3 Å². The molecule has 1 unspecified atom stereocenters. The lowest BCUT2D eigenvalue weighted by Gasteiger charge is -2.34. The Kier molecular flexibility index (Phi) is 3.67. The van der Waals surface area contributed by atoms with Crippen molar-refractivity contribution in [3.63, 3.8) is 0 Å². The second-order valence-electron chi connectivity index (χ2n) is 4.56. The van der Waals surface area contributed by atoms with Crippen molar-refractivity contribution in [3.8, 4) is 0 Å². The molecule has 0 aliphatic carbocycles. The zero-order valence-electron chi connectivity index (χ0n) is 9.60. The lowest BCUT2D eigenvalue weighted by molar-refractivity contribution is 0.244. The summed E-state index contributed by atoms with van der Waals surface area (Å²) in [5, 5.41) is 8.98. The molecule has 0 aromatic heterocycles. The van der Waals surface area contributed by atoms with Crippen LogP contribution in [0.1, 0.15) is 19.3 Å². The smallest absolute Gasteiger partial charge is 0.0434 e. The minimum atomic E-state index is 0.301. The fourth-order valence-electron chi connectivity index (χ4n) is 2.44. The van der Waals surface area contributed by atoms with Crippen LogP contribution in [0.3, 0.4) is 0 Å². The van der Waals surface area contributed by atoms with Crippen LogP contribution in [0, 0.1) is 5.92 Å². The van der Waals surface area contributed by atoms with E-state index in [1.165, 1.54) is 18.5 Å². The zero-order valence-corrected chi connectivity index (χ0v) is 9.60. The summed E-state index contributed by atoms with van der Waals surface area (Å²) in [6.45, 7) is 2.45. The maximum Gasteiger partial charge on any atom is 0.0434 e. The summed E-state index contributed by atoms with van der Waals surface area (Å²) in [6, 6.07) is 8.05. The maximum absolute atomic E-state index is 8.98. The van der Waals surface area contributed by atoms with E-state index in [1.54, 1.807) is 0 Å². The minimum absolute atomic E-state index is 0.301. The Bertz CT molecular complexity index is 338. The Morgan fingerprint density at radius 1 is 1.44 bits per heavy atom. The Morgan fingerprint density at radius 2 is 2.31 bits per heavy atom. The van der Waals surface area contributed by atoms with Crippen molar-refractivity contribution in [2.45, 2.75) is 19.3 Å². The normalized spacial score (nSPS) is 21.1. The quantitative estimate of drug-likeness (QED) is 0.764. The van der Waals surface area contributed by atoms with Crippen molar-refractivity contribution < 1.29 is 5.11 Å². The van der Waals surface area contributed by atoms with E-state index in [-0.39, 0.29) is 0 Å². The van der Waals surface area contributed by atoms with Crippen molar-refractivity contribution in [2.24, 2.45) is 5.92 Å². The predicted octanol–water partition coefficient (Wildman–Crippen LogP) is 1.87. The predicted molar refractivity (Wildman–Crippen MR) is 67.5 cm³/mol. The number of nitrogens with two attached hydrogens (primary N) is 1. The van der Waals surface area contributed by atoms with Gasteiger partial charge in [-0.25, -0.2) is 0 Å². The first-order valence-electron chi connectivity index (χ1n) is 6.01. The molecule has 1 heterocycles. The van der Waals surface area contributed by atoms with Crippen LogP contribution in [-0.2, 0) is 0 Å². The van der Waals surface area contributed by atoms with Gasteiger partial charge in [-0.2, -0.15) is 0 Å². The van der Waals surface area contributed by atoms with Crippen molar-refractivity contribution in [3.05, 3.63) is 24.3 Å². The highest BCUT2D eigenvalue weighted by Gasteiger charge is 2.19. The zero-order chi connectivity index (χ0) is 11.4. The summed E-state index contributed by atoms with van der Waals surface area (Å²) in [5.74, 6) is 0.625. The van der Waals surface area contributed by atoms with Crippen LogP contribution in [0.15, 0.2) is 24.3 Å². The van der Waals surface area contributed by atoms with Gasteiger partial charge in [0.25, 0.3) is 0 Å². The van der Waals surface area contributed by atoms with Gasteiger partial charge in [0, 0.05) is 31.1 Å². The van der Waals surface area contributed by atoms with Gasteiger partial charge in [-0.3, -0.25) is 0 Å². The molecule has 0 radical (unpaired) electrons. The molecule has 3 nitrogen and oxygen atoms in total. The molecular weight excluding hydrogens is 200 g/mol. The largest absolute Gasteiger partial charge is 0.399 e. The molecule has 1 aromatic carbocycles. The Labute approximate surface area is 96.9 Å². The first kappa shape index (κ1) is 11.3. The van der Waals surface area contributed by atoms with Crippen molar-refractivity contribution in [1.29, 1.82) is 0 Å². The van der Waals surface area contributed by atoms with Crippen LogP contribution in [0.5, 0.6) is 0 Å². The van der Waals surface area contributed by atoms with E-state index in [0.29, 0.717) is 12.5 Å². The number of piperidine rings is 1. The topological polar surface area (TPSA) is 49.5 Å². The van der Waals surface area contributed by atoms with Crippen LogP contribution >= 0.6 is 0 Å². The number of nitrogens with zero attached hydrogens (tertiary/aromatic N) is 1. The third-order valence-electron chi connectivity index (χ3n) is 3.29. The molecule has 1 fully saturated rings. The number of benzene rings is 1. The van der Waals surface area contributed by atoms with E-state index in [1.807, 2.05) is 18.2 Å². The highest BCUT2D eigenvalue weighted by atomic mass is 16.3. The molecule has 2 rings (SSSR count). The molecular formula is C13H20N2O. The molecule has 0 spiro atoms. The van der Waals surface area contributed by atoms with Crippen LogP contribution in [-0.4, -0.2) is 24.8 Å². The molecule has 3 N–H and O–H groups in total. The van der Waals surface area contributed by atoms with Gasteiger partial charge in [-0.15, -0.1) is 0 Å². The van der Waals surface area contributed by atoms with E-state index in [0.717, 1.165) is 25.2 Å². The van der Waals surface area contributed by atoms with Gasteiger partial charge in [0.05, 0.1) is 0 Å². The summed E-state index contributed by atoms with van der Waals surface area (Å²) in [5.41, 5.74) is 7.82. The number of anilines is 2. The molecule has 1 saturated heterocycles. The molecule has 1 aliphatic rings. The van der Waals surface area contributed by atoms with Gasteiger partial charge < -0.3 is 15.7 Å². The summed E-state index contributed by atoms with van der Waals surface area (Å²) in [6.07, 6.45) is 3.36. The fraction of sp³-hybridized carbons (Fsp3) is 0.538. The van der Waals surface area contributed by atoms with Crippen LogP contribution in [0.25, 0.3) is 0 Å². The highest BCUT2D eigenvalue weighted by Crippen LogP contribution is 2.25. The van der Waals surface area contributed by atoms with Gasteiger partial charge in [0.2, 0.25) is 0 Å². The van der Waals surface area contributed by atoms with E-state index in [9.17, 15) is 0 Å². The maximum atomic E-state index is 8.98. The Hall–Kier alpha value is -1.22. The molecule has 3 heteroatoms. The second kappa shape index (κ2) is 5.21. The lowest BCUT2D eigenvalue weighted by atomic mass is 9.95. The summed E-state index contributed by atoms with van der Waals surface area (Å²) in [4.78, 5) is 2.38. The van der Waals surface area contributed by atoms with Crippen molar-refractivity contribution >= 4 is 11.4 Å². The number of aliphatic hydroxyl groups is 1. The number of aliphatic hydroxyl groups excluding tert-OH is 1. The molecule has 1 aliphatic heterocycles. The first-order chi connectivity index (χ1) is 7.79. The summed E-state index contributed by atoms with van der Waals surface area (Å²) < 4.78 is 0. The number of rotatable bonds is 3. The lowest BCUT2D eigenvalue weighted by Crippen LogP contribution is -2.35. The molecule has 16 heavy (non-hydrogen) atoms. The molecule has 88 valence electrons. The Morgan fingerprint density at radius 3 is 3.06 bits per heavy atom. The van der Waals surface area contributed by atoms with Crippen LogP contribution in [0.2, 0.25) is 0 Å². The third kappa shape index (κ3) is 2.67. The minimum Gasteiger partial charge on any atom is -0.399 e. The second-order valence-corrected chi connectivity index (χ2v) is 4.56. The SMILES string of the molecule is Nc1cccc(N2CCCC(CCO)C2)c1. The van der Waals surface area contributed by atoms with Crippen LogP contribution < -0.4 is 10.6 Å². The Balaban J connectivity index is 2.03. The number of hydrogen-bond donors (Lipinski definition) is 2. The molecule has 0 amide bonds. The summed E-state index contributed by atoms with van der Waals surface area (Å²) >= 11 is 0. The van der Waals surface area contributed by atoms with Gasteiger partial charge in [-0.05, 0) is 43.4 Å². The summed E-state index contributed by atoms with van der Waals surface area (Å²) in [7, 11) is 0. The number of hydrogen-bond acceptors (Lipinski definition) is 3. The molecule has 0 saturated carbocycles. The number of nitrogen functional groups attached to an aromatic ring is 1. The van der Waals surface area contributed by atoms with Gasteiger partial charge >= 0.3 is 0 Å². The molecule has 0 bridgehead atoms. The van der Waals surface area contributed by atoms with Gasteiger partial charge in [-0.1, -0.05) is 6.07 Å². The van der Waals surface area contributed by atoms with Gasteiger partial charge in [0.15, 0.2) is 0 Å². The van der Waals surface area contributed by atoms with Crippen LogP contribution in [0.4, 0.5) is 11.4 Å². The monoisotopic (exact) mass is 220 g/mol. The fourth-order valence-corrected chi connectivity index (χ4v) is 2.44. The first-order valence-corrected chi connectivity index (χ1v) is 6.01. The van der Waals surface area contributed by atoms with Crippen molar-refractivity contribution in [1.82, 2.24) is 0 Å². The van der Waals surface area contributed by atoms with E-state index < -0.39 is 0 Å². The van der Waals surface area contributed by atoms with Gasteiger partial charge in [0.1, 0.15) is 0 Å².